The predicted molar refractivity (Wildman–Crippen MR) is 89.7 cm³/mol. The number of benzene rings is 2. The third-order valence-electron chi connectivity index (χ3n) is 3.41. The Bertz CT molecular complexity index is 778. The van der Waals surface area contributed by atoms with E-state index in [0.717, 1.165) is 0 Å². The van der Waals surface area contributed by atoms with Crippen molar-refractivity contribution in [3.8, 4) is 5.75 Å². The van der Waals surface area contributed by atoms with Gasteiger partial charge < -0.3 is 10.1 Å². The molecular weight excluding hydrogens is 314 g/mol. The minimum absolute atomic E-state index is 0.216. The number of hydrogen-bond acceptors (Lipinski definition) is 4. The van der Waals surface area contributed by atoms with Crippen molar-refractivity contribution in [2.24, 2.45) is 0 Å². The lowest BCUT2D eigenvalue weighted by Crippen LogP contribution is -2.15. The van der Waals surface area contributed by atoms with E-state index in [1.807, 2.05) is 0 Å². The summed E-state index contributed by atoms with van der Waals surface area (Å²) in [4.78, 5) is 12.4. The molecule has 0 fully saturated rings. The molecule has 2 rings (SSSR count). The van der Waals surface area contributed by atoms with Crippen molar-refractivity contribution >= 4 is 21.4 Å². The van der Waals surface area contributed by atoms with Gasteiger partial charge in [0.25, 0.3) is 5.91 Å². The highest BCUT2D eigenvalue weighted by Gasteiger charge is 2.19. The summed E-state index contributed by atoms with van der Waals surface area (Å²) >= 11 is 0. The molecule has 0 spiro atoms. The van der Waals surface area contributed by atoms with E-state index in [2.05, 4.69) is 5.32 Å². The third-order valence-corrected chi connectivity index (χ3v) is 5.58. The van der Waals surface area contributed by atoms with Gasteiger partial charge in [0, 0.05) is 11.3 Å². The molecule has 6 heteroatoms. The van der Waals surface area contributed by atoms with E-state index in [-0.39, 0.29) is 10.8 Å². The number of carbonyl (C=O) groups is 1. The summed E-state index contributed by atoms with van der Waals surface area (Å²) in [5.74, 6) is 0.398. The van der Waals surface area contributed by atoms with Crippen LogP contribution in [0.4, 0.5) is 5.69 Å². The molecule has 0 aliphatic heterocycles. The number of carbonyl (C=O) groups excluding carboxylic acids is 1. The van der Waals surface area contributed by atoms with Crippen LogP contribution < -0.4 is 10.1 Å². The molecule has 1 amide bonds. The Morgan fingerprint density at radius 1 is 1.00 bits per heavy atom. The summed E-state index contributed by atoms with van der Waals surface area (Å²) in [7, 11) is -1.76. The molecule has 0 aromatic heterocycles. The smallest absolute Gasteiger partial charge is 0.255 e. The van der Waals surface area contributed by atoms with Crippen LogP contribution in [0.25, 0.3) is 0 Å². The zero-order chi connectivity index (χ0) is 17.0. The largest absolute Gasteiger partial charge is 0.497 e. The Morgan fingerprint density at radius 3 is 2.04 bits per heavy atom. The lowest BCUT2D eigenvalue weighted by atomic mass is 10.2. The molecule has 1 N–H and O–H groups in total. The number of amides is 1. The highest BCUT2D eigenvalue weighted by atomic mass is 32.2. The Balaban J connectivity index is 2.14. The molecule has 122 valence electrons. The number of methoxy groups -OCH3 is 1. The van der Waals surface area contributed by atoms with E-state index in [0.29, 0.717) is 17.0 Å². The van der Waals surface area contributed by atoms with Crippen molar-refractivity contribution in [1.82, 2.24) is 0 Å². The molecule has 2 aromatic carbocycles. The third kappa shape index (κ3) is 3.90. The summed E-state index contributed by atoms with van der Waals surface area (Å²) in [6.45, 7) is 3.25. The van der Waals surface area contributed by atoms with E-state index in [9.17, 15) is 13.2 Å². The van der Waals surface area contributed by atoms with E-state index < -0.39 is 15.1 Å². The molecule has 0 unspecified atom stereocenters. The quantitative estimate of drug-likeness (QED) is 0.912. The summed E-state index contributed by atoms with van der Waals surface area (Å²) in [6.07, 6.45) is 0. The number of nitrogens with one attached hydrogen (secondary N) is 1. The zero-order valence-electron chi connectivity index (χ0n) is 13.2. The zero-order valence-corrected chi connectivity index (χ0v) is 14.1. The van der Waals surface area contributed by atoms with Crippen molar-refractivity contribution in [3.05, 3.63) is 54.1 Å². The molecular formula is C17H19NO4S. The van der Waals surface area contributed by atoms with Gasteiger partial charge in [0.15, 0.2) is 9.84 Å². The van der Waals surface area contributed by atoms with Gasteiger partial charge in [-0.15, -0.1) is 0 Å². The van der Waals surface area contributed by atoms with Crippen molar-refractivity contribution < 1.29 is 17.9 Å². The monoisotopic (exact) mass is 333 g/mol. The highest BCUT2D eigenvalue weighted by Crippen LogP contribution is 2.18. The molecule has 2 aromatic rings. The number of hydrogen-bond donors (Lipinski definition) is 1. The van der Waals surface area contributed by atoms with Gasteiger partial charge in [0.1, 0.15) is 5.75 Å². The van der Waals surface area contributed by atoms with Crippen molar-refractivity contribution in [2.75, 3.05) is 12.4 Å². The Hall–Kier alpha value is -2.34. The first-order valence-corrected chi connectivity index (χ1v) is 8.68. The maximum atomic E-state index is 12.2. The fourth-order valence-electron chi connectivity index (χ4n) is 1.95. The fourth-order valence-corrected chi connectivity index (χ4v) is 3.01. The van der Waals surface area contributed by atoms with Crippen molar-refractivity contribution in [2.45, 2.75) is 24.0 Å². The van der Waals surface area contributed by atoms with Crippen LogP contribution in [-0.4, -0.2) is 26.7 Å². The van der Waals surface area contributed by atoms with Gasteiger partial charge in [0.2, 0.25) is 0 Å². The van der Waals surface area contributed by atoms with Gasteiger partial charge >= 0.3 is 0 Å². The van der Waals surface area contributed by atoms with Crippen LogP contribution in [0, 0.1) is 0 Å². The number of sulfone groups is 1. The molecule has 0 aliphatic carbocycles. The molecule has 0 saturated carbocycles. The summed E-state index contributed by atoms with van der Waals surface area (Å²) in [5, 5.41) is 2.25. The van der Waals surface area contributed by atoms with Gasteiger partial charge in [-0.25, -0.2) is 8.42 Å². The highest BCUT2D eigenvalue weighted by molar-refractivity contribution is 7.92. The lowest BCUT2D eigenvalue weighted by Gasteiger charge is -2.09. The average molecular weight is 333 g/mol. The van der Waals surface area contributed by atoms with E-state index >= 15 is 0 Å². The van der Waals surface area contributed by atoms with Crippen LogP contribution in [0.15, 0.2) is 53.4 Å². The average Bonchev–Trinajstić information content (AvgIpc) is 2.55. The SMILES string of the molecule is COc1ccc(NC(=O)c2ccc(S(=O)(=O)C(C)C)cc2)cc1. The second-order valence-electron chi connectivity index (χ2n) is 5.30. The van der Waals surface area contributed by atoms with Gasteiger partial charge in [-0.2, -0.15) is 0 Å². The molecule has 0 radical (unpaired) electrons. The van der Waals surface area contributed by atoms with Gasteiger partial charge in [-0.3, -0.25) is 4.79 Å². The molecule has 0 saturated heterocycles. The minimum Gasteiger partial charge on any atom is -0.497 e. The Kier molecular flexibility index (Phi) is 5.05. The van der Waals surface area contributed by atoms with Crippen LogP contribution in [0.5, 0.6) is 5.75 Å². The number of ether oxygens (including phenoxy) is 1. The second kappa shape index (κ2) is 6.83. The molecule has 0 heterocycles. The number of anilines is 1. The lowest BCUT2D eigenvalue weighted by molar-refractivity contribution is 0.102. The maximum Gasteiger partial charge on any atom is 0.255 e. The predicted octanol–water partition coefficient (Wildman–Crippen LogP) is 3.13. The van der Waals surface area contributed by atoms with E-state index in [1.165, 1.54) is 24.3 Å². The summed E-state index contributed by atoms with van der Waals surface area (Å²) in [5.41, 5.74) is 1.03. The normalized spacial score (nSPS) is 11.3. The Labute approximate surface area is 136 Å². The van der Waals surface area contributed by atoms with Crippen LogP contribution in [0.2, 0.25) is 0 Å². The molecule has 0 atom stereocenters. The molecule has 0 bridgehead atoms. The minimum atomic E-state index is -3.33. The van der Waals surface area contributed by atoms with Crippen LogP contribution >= 0.6 is 0 Å². The first-order valence-electron chi connectivity index (χ1n) is 7.14. The first-order chi connectivity index (χ1) is 10.8. The van der Waals surface area contributed by atoms with Crippen molar-refractivity contribution in [3.63, 3.8) is 0 Å². The van der Waals surface area contributed by atoms with E-state index in [1.54, 1.807) is 45.2 Å². The second-order valence-corrected chi connectivity index (χ2v) is 7.80. The van der Waals surface area contributed by atoms with Gasteiger partial charge in [-0.1, -0.05) is 0 Å². The summed E-state index contributed by atoms with van der Waals surface area (Å²) in [6, 6.07) is 12.9. The molecule has 5 nitrogen and oxygen atoms in total. The van der Waals surface area contributed by atoms with Gasteiger partial charge in [0.05, 0.1) is 17.3 Å². The van der Waals surface area contributed by atoms with Crippen LogP contribution in [-0.2, 0) is 9.84 Å². The molecule has 23 heavy (non-hydrogen) atoms. The summed E-state index contributed by atoms with van der Waals surface area (Å²) < 4.78 is 29.2. The topological polar surface area (TPSA) is 72.5 Å². The van der Waals surface area contributed by atoms with Gasteiger partial charge in [-0.05, 0) is 62.4 Å². The van der Waals surface area contributed by atoms with Crippen molar-refractivity contribution in [1.29, 1.82) is 0 Å². The van der Waals surface area contributed by atoms with Crippen LogP contribution in [0.1, 0.15) is 24.2 Å². The first kappa shape index (κ1) is 17.0. The van der Waals surface area contributed by atoms with E-state index in [4.69, 9.17) is 4.74 Å². The fraction of sp³-hybridized carbons (Fsp3) is 0.235. The van der Waals surface area contributed by atoms with Crippen LogP contribution in [0.3, 0.4) is 0 Å². The molecule has 0 aliphatic rings. The standard InChI is InChI=1S/C17H19NO4S/c1-12(2)23(20,21)16-10-4-13(5-11-16)17(19)18-14-6-8-15(22-3)9-7-14/h4-12H,1-3H3,(H,18,19). The number of rotatable bonds is 5. The maximum absolute atomic E-state index is 12.2. The Morgan fingerprint density at radius 2 is 1.57 bits per heavy atom.